The Morgan fingerprint density at radius 3 is 2.13 bits per heavy atom. The Hall–Kier alpha value is -3.55. The van der Waals surface area contributed by atoms with Crippen molar-refractivity contribution in [2.24, 2.45) is 0 Å². The van der Waals surface area contributed by atoms with Crippen molar-refractivity contribution in [2.75, 3.05) is 0 Å². The van der Waals surface area contributed by atoms with Gasteiger partial charge in [-0.25, -0.2) is 4.79 Å². The third-order valence-electron chi connectivity index (χ3n) is 3.88. The molecular formula is C15H6N2O6. The summed E-state index contributed by atoms with van der Waals surface area (Å²) in [6.07, 6.45) is 0. The molecule has 0 aliphatic carbocycles. The lowest BCUT2D eigenvalue weighted by molar-refractivity contribution is -0.383. The third-order valence-corrected chi connectivity index (χ3v) is 3.88. The molecule has 0 N–H and O–H groups in total. The lowest BCUT2D eigenvalue weighted by Crippen LogP contribution is -2.05. The Morgan fingerprint density at radius 2 is 1.43 bits per heavy atom. The number of nitrogens with zero attached hydrogens (tertiary/aromatic N) is 2. The van der Waals surface area contributed by atoms with Gasteiger partial charge in [0.1, 0.15) is 11.0 Å². The SMILES string of the molecule is O=c1oc2ccc([N+](=O)[O-])c3ccc4ccc([N+](=O)[O-])c1c4c23. The van der Waals surface area contributed by atoms with Crippen molar-refractivity contribution >= 4 is 43.9 Å². The van der Waals surface area contributed by atoms with E-state index in [0.29, 0.717) is 16.2 Å². The smallest absolute Gasteiger partial charge is 0.351 e. The normalized spacial score (nSPS) is 11.5. The maximum Gasteiger partial charge on any atom is 0.351 e. The van der Waals surface area contributed by atoms with Gasteiger partial charge in [0.2, 0.25) is 0 Å². The molecule has 0 amide bonds. The van der Waals surface area contributed by atoms with Crippen molar-refractivity contribution in [2.45, 2.75) is 0 Å². The van der Waals surface area contributed by atoms with Crippen molar-refractivity contribution in [3.05, 3.63) is 67.0 Å². The minimum Gasteiger partial charge on any atom is -0.422 e. The van der Waals surface area contributed by atoms with Crippen LogP contribution in [0.4, 0.5) is 11.4 Å². The molecule has 0 saturated carbocycles. The Kier molecular flexibility index (Phi) is 2.42. The number of non-ortho nitro benzene ring substituents is 2. The third kappa shape index (κ3) is 1.62. The Balaban J connectivity index is 2.40. The number of hydrogen-bond acceptors (Lipinski definition) is 6. The highest BCUT2D eigenvalue weighted by Crippen LogP contribution is 2.39. The van der Waals surface area contributed by atoms with Gasteiger partial charge in [-0.15, -0.1) is 0 Å². The molecular weight excluding hydrogens is 304 g/mol. The summed E-state index contributed by atoms with van der Waals surface area (Å²) in [6, 6.07) is 8.47. The fourth-order valence-corrected chi connectivity index (χ4v) is 2.96. The molecule has 0 aliphatic rings. The predicted octanol–water partition coefficient (Wildman–Crippen LogP) is 3.35. The number of hydrogen-bond donors (Lipinski definition) is 0. The molecule has 1 aromatic heterocycles. The van der Waals surface area contributed by atoms with Crippen LogP contribution in [0, 0.1) is 20.2 Å². The molecule has 0 spiro atoms. The fraction of sp³-hybridized carbons (Fsp3) is 0. The predicted molar refractivity (Wildman–Crippen MR) is 82.0 cm³/mol. The van der Waals surface area contributed by atoms with Gasteiger partial charge in [-0.05, 0) is 23.6 Å². The first-order chi connectivity index (χ1) is 11.0. The van der Waals surface area contributed by atoms with E-state index in [1.54, 1.807) is 12.1 Å². The van der Waals surface area contributed by atoms with Crippen molar-refractivity contribution in [1.82, 2.24) is 0 Å². The monoisotopic (exact) mass is 310 g/mol. The zero-order chi connectivity index (χ0) is 16.3. The van der Waals surface area contributed by atoms with Crippen LogP contribution in [0.15, 0.2) is 45.6 Å². The summed E-state index contributed by atoms with van der Waals surface area (Å²) < 4.78 is 5.15. The highest BCUT2D eigenvalue weighted by Gasteiger charge is 2.24. The molecule has 3 aromatic carbocycles. The molecule has 0 bridgehead atoms. The van der Waals surface area contributed by atoms with E-state index in [0.717, 1.165) is 0 Å². The summed E-state index contributed by atoms with van der Waals surface area (Å²) in [4.78, 5) is 33.4. The van der Waals surface area contributed by atoms with Gasteiger partial charge < -0.3 is 4.42 Å². The van der Waals surface area contributed by atoms with Gasteiger partial charge in [0.25, 0.3) is 11.4 Å². The second kappa shape index (κ2) is 4.23. The molecule has 4 rings (SSSR count). The van der Waals surface area contributed by atoms with Crippen LogP contribution in [0.1, 0.15) is 0 Å². The van der Waals surface area contributed by atoms with Crippen LogP contribution in [0.5, 0.6) is 0 Å². The molecule has 8 nitrogen and oxygen atoms in total. The molecule has 0 saturated heterocycles. The first-order valence-corrected chi connectivity index (χ1v) is 6.52. The fourth-order valence-electron chi connectivity index (χ4n) is 2.96. The van der Waals surface area contributed by atoms with E-state index in [1.165, 1.54) is 24.3 Å². The van der Waals surface area contributed by atoms with Gasteiger partial charge >= 0.3 is 5.63 Å². The molecule has 1 heterocycles. The lowest BCUT2D eigenvalue weighted by Gasteiger charge is -2.09. The quantitative estimate of drug-likeness (QED) is 0.242. The maximum atomic E-state index is 12.2. The van der Waals surface area contributed by atoms with E-state index in [2.05, 4.69) is 0 Å². The Labute approximate surface area is 126 Å². The minimum atomic E-state index is -0.837. The van der Waals surface area contributed by atoms with E-state index >= 15 is 0 Å². The summed E-state index contributed by atoms with van der Waals surface area (Å²) in [5.74, 6) is 0. The van der Waals surface area contributed by atoms with Gasteiger partial charge in [-0.2, -0.15) is 0 Å². The highest BCUT2D eigenvalue weighted by molar-refractivity contribution is 6.24. The van der Waals surface area contributed by atoms with E-state index in [9.17, 15) is 25.0 Å². The van der Waals surface area contributed by atoms with Gasteiger partial charge in [0.15, 0.2) is 0 Å². The molecule has 0 aliphatic heterocycles. The van der Waals surface area contributed by atoms with E-state index in [4.69, 9.17) is 4.42 Å². The second-order valence-electron chi connectivity index (χ2n) is 5.03. The van der Waals surface area contributed by atoms with Crippen LogP contribution in [0.3, 0.4) is 0 Å². The van der Waals surface area contributed by atoms with E-state index < -0.39 is 15.5 Å². The first-order valence-electron chi connectivity index (χ1n) is 6.52. The van der Waals surface area contributed by atoms with Crippen LogP contribution in [0.25, 0.3) is 32.5 Å². The first kappa shape index (κ1) is 13.1. The Bertz CT molecular complexity index is 1190. The van der Waals surface area contributed by atoms with Gasteiger partial charge in [0, 0.05) is 22.9 Å². The standard InChI is InChI=1S/C15H6N2O6/c18-15-14-10(17(21)22)4-2-7-1-3-8-9(16(19)20)5-6-11(23-15)13(8)12(7)14/h1-6H. The van der Waals surface area contributed by atoms with Crippen LogP contribution < -0.4 is 5.63 Å². The second-order valence-corrected chi connectivity index (χ2v) is 5.03. The zero-order valence-corrected chi connectivity index (χ0v) is 11.3. The molecule has 112 valence electrons. The van der Waals surface area contributed by atoms with Crippen molar-refractivity contribution in [3.8, 4) is 0 Å². The summed E-state index contributed by atoms with van der Waals surface area (Å²) in [7, 11) is 0. The zero-order valence-electron chi connectivity index (χ0n) is 11.3. The summed E-state index contributed by atoms with van der Waals surface area (Å²) in [5.41, 5.74) is -1.21. The molecule has 0 fully saturated rings. The lowest BCUT2D eigenvalue weighted by atomic mass is 9.96. The molecule has 23 heavy (non-hydrogen) atoms. The van der Waals surface area contributed by atoms with Crippen LogP contribution in [-0.2, 0) is 0 Å². The highest BCUT2D eigenvalue weighted by atomic mass is 16.6. The number of benzene rings is 3. The van der Waals surface area contributed by atoms with E-state index in [-0.39, 0.29) is 27.7 Å². The number of rotatable bonds is 2. The van der Waals surface area contributed by atoms with Gasteiger partial charge in [-0.3, -0.25) is 20.2 Å². The summed E-state index contributed by atoms with van der Waals surface area (Å²) >= 11 is 0. The molecule has 8 heteroatoms. The number of nitro benzene ring substituents is 2. The van der Waals surface area contributed by atoms with Crippen molar-refractivity contribution in [1.29, 1.82) is 0 Å². The van der Waals surface area contributed by atoms with Crippen molar-refractivity contribution < 1.29 is 14.3 Å². The maximum absolute atomic E-state index is 12.2. The van der Waals surface area contributed by atoms with Crippen LogP contribution in [-0.4, -0.2) is 9.85 Å². The average Bonchev–Trinajstić information content (AvgIpc) is 2.52. The van der Waals surface area contributed by atoms with E-state index in [1.807, 2.05) is 0 Å². The average molecular weight is 310 g/mol. The molecule has 0 radical (unpaired) electrons. The minimum absolute atomic E-state index is 0.152. The van der Waals surface area contributed by atoms with Gasteiger partial charge in [-0.1, -0.05) is 6.07 Å². The van der Waals surface area contributed by atoms with Gasteiger partial charge in [0.05, 0.1) is 15.2 Å². The van der Waals surface area contributed by atoms with Crippen LogP contribution in [0.2, 0.25) is 0 Å². The van der Waals surface area contributed by atoms with Crippen molar-refractivity contribution in [3.63, 3.8) is 0 Å². The Morgan fingerprint density at radius 1 is 0.783 bits per heavy atom. The summed E-state index contributed by atoms with van der Waals surface area (Å²) in [5, 5.41) is 23.7. The number of nitro groups is 2. The molecule has 0 unspecified atom stereocenters. The molecule has 4 aromatic rings. The van der Waals surface area contributed by atoms with Crippen LogP contribution >= 0.6 is 0 Å². The topological polar surface area (TPSA) is 116 Å². The molecule has 0 atom stereocenters. The summed E-state index contributed by atoms with van der Waals surface area (Å²) in [6.45, 7) is 0. The largest absolute Gasteiger partial charge is 0.422 e.